The third-order valence-corrected chi connectivity index (χ3v) is 10.1. The summed E-state index contributed by atoms with van der Waals surface area (Å²) >= 11 is 6.26. The van der Waals surface area contributed by atoms with E-state index in [9.17, 15) is 22.7 Å². The van der Waals surface area contributed by atoms with Crippen LogP contribution in [0.25, 0.3) is 27.1 Å². The molecule has 0 aliphatic carbocycles. The van der Waals surface area contributed by atoms with Crippen molar-refractivity contribution in [3.8, 4) is 11.3 Å². The molecule has 1 fully saturated rings. The van der Waals surface area contributed by atoms with Crippen molar-refractivity contribution in [2.75, 3.05) is 32.4 Å². The highest BCUT2D eigenvalue weighted by atomic mass is 35.5. The number of aromatic nitrogens is 4. The zero-order valence-corrected chi connectivity index (χ0v) is 25.8. The molecule has 11 nitrogen and oxygen atoms in total. The molecule has 4 heterocycles. The molecule has 14 heteroatoms. The Bertz CT molecular complexity index is 1900. The van der Waals surface area contributed by atoms with Gasteiger partial charge in [0.2, 0.25) is 10.0 Å². The summed E-state index contributed by atoms with van der Waals surface area (Å²) in [6.07, 6.45) is 2.29. The van der Waals surface area contributed by atoms with Crippen molar-refractivity contribution in [2.45, 2.75) is 51.2 Å². The molecule has 1 atom stereocenters. The van der Waals surface area contributed by atoms with Crippen molar-refractivity contribution in [1.82, 2.24) is 28.1 Å². The molecule has 2 aromatic heterocycles. The van der Waals surface area contributed by atoms with Gasteiger partial charge in [0.05, 0.1) is 35.6 Å². The number of piperidine rings is 1. The smallest absolute Gasteiger partial charge is 0.335 e. The number of imidazole rings is 1. The Kier molecular flexibility index (Phi) is 8.38. The first-order valence-corrected chi connectivity index (χ1v) is 16.7. The van der Waals surface area contributed by atoms with E-state index in [1.807, 2.05) is 0 Å². The summed E-state index contributed by atoms with van der Waals surface area (Å²) in [5.41, 5.74) is 4.11. The standard InChI is InChI=1S/C30H33ClFN7O4S/c1-33-19-37-27-8-5-21(31)15-28(27)39(30(37)41)23-9-12-35(13-10-23)16-24(40)17-38-26-11-14-36(44(2,42)43)18-25(26)29(34-38)20-3-6-22(32)7-4-20/h3-8,15,23-24,40H,9-14,16-19H2,2H3. The molecule has 0 amide bonds. The van der Waals surface area contributed by atoms with Crippen molar-refractivity contribution in [3.63, 3.8) is 0 Å². The van der Waals surface area contributed by atoms with Crippen LogP contribution >= 0.6 is 11.6 Å². The van der Waals surface area contributed by atoms with E-state index in [1.54, 1.807) is 39.6 Å². The van der Waals surface area contributed by atoms with Crippen molar-refractivity contribution in [2.24, 2.45) is 0 Å². The Balaban J connectivity index is 1.17. The predicted octanol–water partition coefficient (Wildman–Crippen LogP) is 3.35. The van der Waals surface area contributed by atoms with Gasteiger partial charge in [-0.25, -0.2) is 28.7 Å². The number of benzene rings is 2. The molecule has 232 valence electrons. The Labute approximate surface area is 259 Å². The minimum absolute atomic E-state index is 0.0543. The summed E-state index contributed by atoms with van der Waals surface area (Å²) in [6.45, 7) is 9.68. The molecular weight excluding hydrogens is 609 g/mol. The average Bonchev–Trinajstić information content (AvgIpc) is 3.47. The second kappa shape index (κ2) is 12.1. The molecule has 0 radical (unpaired) electrons. The summed E-state index contributed by atoms with van der Waals surface area (Å²) in [5, 5.41) is 16.5. The van der Waals surface area contributed by atoms with Crippen molar-refractivity contribution in [1.29, 1.82) is 0 Å². The molecular formula is C30H33ClFN7O4S. The number of fused-ring (bicyclic) bond motifs is 2. The number of hydrogen-bond donors (Lipinski definition) is 1. The Morgan fingerprint density at radius 1 is 1.11 bits per heavy atom. The van der Waals surface area contributed by atoms with Crippen molar-refractivity contribution in [3.05, 3.63) is 86.5 Å². The Morgan fingerprint density at radius 2 is 1.84 bits per heavy atom. The number of halogens is 2. The lowest BCUT2D eigenvalue weighted by molar-refractivity contribution is 0.0762. The van der Waals surface area contributed by atoms with Gasteiger partial charge in [-0.15, -0.1) is 0 Å². The highest BCUT2D eigenvalue weighted by Crippen LogP contribution is 2.32. The normalized spacial score (nSPS) is 17.5. The first-order chi connectivity index (χ1) is 21.0. The van der Waals surface area contributed by atoms with E-state index in [-0.39, 0.29) is 37.3 Å². The fourth-order valence-electron chi connectivity index (χ4n) is 6.47. The van der Waals surface area contributed by atoms with Crippen LogP contribution in [-0.4, -0.2) is 80.2 Å². The molecule has 1 N–H and O–H groups in total. The third kappa shape index (κ3) is 5.92. The lowest BCUT2D eigenvalue weighted by Crippen LogP contribution is -2.42. The van der Waals surface area contributed by atoms with Crippen molar-refractivity contribution >= 4 is 32.7 Å². The minimum atomic E-state index is -3.41. The zero-order chi connectivity index (χ0) is 31.2. The van der Waals surface area contributed by atoms with Crippen LogP contribution in [0.2, 0.25) is 5.02 Å². The van der Waals surface area contributed by atoms with Crippen LogP contribution in [0.4, 0.5) is 4.39 Å². The lowest BCUT2D eigenvalue weighted by atomic mass is 10.0. The van der Waals surface area contributed by atoms with Crippen LogP contribution in [0, 0.1) is 12.4 Å². The molecule has 2 aliphatic rings. The van der Waals surface area contributed by atoms with Gasteiger partial charge in [0.15, 0.2) is 0 Å². The number of likely N-dealkylation sites (tertiary alicyclic amines) is 1. The Morgan fingerprint density at radius 3 is 2.52 bits per heavy atom. The summed E-state index contributed by atoms with van der Waals surface area (Å²) < 4.78 is 44.7. The SMILES string of the molecule is [C-]#[N+]Cn1c(=O)n(C2CCN(CC(O)Cn3nc(-c4ccc(F)cc4)c4c3CCN(S(C)(=O)=O)C4)CC2)c2cc(Cl)ccc21. The second-order valence-corrected chi connectivity index (χ2v) is 13.9. The van der Waals surface area contributed by atoms with Crippen LogP contribution in [0.1, 0.15) is 30.1 Å². The maximum Gasteiger partial charge on any atom is 0.335 e. The third-order valence-electron chi connectivity index (χ3n) is 8.60. The highest BCUT2D eigenvalue weighted by Gasteiger charge is 2.31. The van der Waals surface area contributed by atoms with Gasteiger partial charge in [-0.2, -0.15) is 9.40 Å². The monoisotopic (exact) mass is 641 g/mol. The number of aliphatic hydroxyl groups is 1. The van der Waals surface area contributed by atoms with Gasteiger partial charge in [-0.3, -0.25) is 14.1 Å². The quantitative estimate of drug-likeness (QED) is 0.296. The summed E-state index contributed by atoms with van der Waals surface area (Å²) in [4.78, 5) is 18.9. The first-order valence-electron chi connectivity index (χ1n) is 14.5. The second-order valence-electron chi connectivity index (χ2n) is 11.5. The molecule has 1 saturated heterocycles. The van der Waals surface area contributed by atoms with Crippen LogP contribution in [-0.2, 0) is 36.2 Å². The largest absolute Gasteiger partial charge is 0.390 e. The maximum atomic E-state index is 13.6. The van der Waals surface area contributed by atoms with Crippen LogP contribution < -0.4 is 5.69 Å². The fourth-order valence-corrected chi connectivity index (χ4v) is 7.42. The van der Waals surface area contributed by atoms with E-state index >= 15 is 0 Å². The molecule has 0 spiro atoms. The number of rotatable bonds is 8. The zero-order valence-electron chi connectivity index (χ0n) is 24.2. The lowest BCUT2D eigenvalue weighted by Gasteiger charge is -2.33. The van der Waals surface area contributed by atoms with E-state index in [2.05, 4.69) is 9.74 Å². The van der Waals surface area contributed by atoms with Gasteiger partial charge in [0, 0.05) is 67.0 Å². The number of sulfonamides is 1. The molecule has 0 bridgehead atoms. The van der Waals surface area contributed by atoms with Crippen molar-refractivity contribution < 1.29 is 17.9 Å². The van der Waals surface area contributed by atoms with Gasteiger partial charge in [0.25, 0.3) is 6.67 Å². The first kappa shape index (κ1) is 30.5. The molecule has 1 unspecified atom stereocenters. The predicted molar refractivity (Wildman–Crippen MR) is 165 cm³/mol. The van der Waals surface area contributed by atoms with Gasteiger partial charge in [0.1, 0.15) is 5.82 Å². The summed E-state index contributed by atoms with van der Waals surface area (Å²) in [6, 6.07) is 11.2. The topological polar surface area (TPSA) is 110 Å². The van der Waals surface area contributed by atoms with Gasteiger partial charge in [-0.05, 0) is 55.3 Å². The van der Waals surface area contributed by atoms with Gasteiger partial charge < -0.3 is 10.0 Å². The molecule has 4 aromatic rings. The average molecular weight is 642 g/mol. The summed E-state index contributed by atoms with van der Waals surface area (Å²) in [7, 11) is -3.41. The van der Waals surface area contributed by atoms with Crippen LogP contribution in [0.5, 0.6) is 0 Å². The number of aliphatic hydroxyl groups excluding tert-OH is 1. The van der Waals surface area contributed by atoms with Crippen LogP contribution in [0.3, 0.4) is 0 Å². The van der Waals surface area contributed by atoms with E-state index in [4.69, 9.17) is 23.3 Å². The molecule has 0 saturated carbocycles. The molecule has 2 aromatic carbocycles. The Hall–Kier alpha value is -3.54. The summed E-state index contributed by atoms with van der Waals surface area (Å²) in [5.74, 6) is -0.373. The molecule has 2 aliphatic heterocycles. The van der Waals surface area contributed by atoms with E-state index in [0.29, 0.717) is 67.2 Å². The van der Waals surface area contributed by atoms with Gasteiger partial charge in [-0.1, -0.05) is 11.6 Å². The number of β-amino-alcohol motifs (C(OH)–C–C–N with tert-alkyl or cyclic N) is 1. The molecule has 44 heavy (non-hydrogen) atoms. The van der Waals surface area contributed by atoms with Gasteiger partial charge >= 0.3 is 5.69 Å². The maximum absolute atomic E-state index is 13.6. The van der Waals surface area contributed by atoms with E-state index in [1.165, 1.54) is 27.3 Å². The minimum Gasteiger partial charge on any atom is -0.390 e. The number of hydrogen-bond acceptors (Lipinski definition) is 6. The fraction of sp³-hybridized carbons (Fsp3) is 0.433. The highest BCUT2D eigenvalue weighted by molar-refractivity contribution is 7.88. The molecule has 6 rings (SSSR count). The van der Waals surface area contributed by atoms with E-state index in [0.717, 1.165) is 16.8 Å². The number of nitrogens with zero attached hydrogens (tertiary/aromatic N) is 7. The van der Waals surface area contributed by atoms with E-state index < -0.39 is 16.1 Å². The van der Waals surface area contributed by atoms with Crippen LogP contribution in [0.15, 0.2) is 47.3 Å².